The molecule has 0 aromatic rings. The lowest BCUT2D eigenvalue weighted by atomic mass is 9.78. The number of rotatable bonds is 2. The van der Waals surface area contributed by atoms with Gasteiger partial charge in [0.15, 0.2) is 0 Å². The van der Waals surface area contributed by atoms with Gasteiger partial charge in [-0.2, -0.15) is 0 Å². The standard InChI is InChI=1S/C13H23N/c1-5-9-13(14-12(2,3)4)10-7-6-8-11-13/h1,14H,6-11H2,2-4H3. The van der Waals surface area contributed by atoms with E-state index in [0.29, 0.717) is 0 Å². The van der Waals surface area contributed by atoms with Crippen LogP contribution in [0.1, 0.15) is 59.3 Å². The first-order valence-corrected chi connectivity index (χ1v) is 5.70. The Morgan fingerprint density at radius 1 is 1.21 bits per heavy atom. The highest BCUT2D eigenvalue weighted by Gasteiger charge is 2.34. The first-order chi connectivity index (χ1) is 6.47. The fourth-order valence-corrected chi connectivity index (χ4v) is 2.57. The molecule has 1 saturated carbocycles. The van der Waals surface area contributed by atoms with Gasteiger partial charge in [0.05, 0.1) is 0 Å². The van der Waals surface area contributed by atoms with Crippen LogP contribution in [0.4, 0.5) is 0 Å². The van der Waals surface area contributed by atoms with Crippen LogP contribution < -0.4 is 5.32 Å². The van der Waals surface area contributed by atoms with Crippen LogP contribution in [0.15, 0.2) is 0 Å². The van der Waals surface area contributed by atoms with Crippen molar-refractivity contribution >= 4 is 0 Å². The summed E-state index contributed by atoms with van der Waals surface area (Å²) in [5.41, 5.74) is 0.402. The van der Waals surface area contributed by atoms with Gasteiger partial charge in [0.1, 0.15) is 0 Å². The molecule has 0 aliphatic heterocycles. The predicted octanol–water partition coefficient (Wildman–Crippen LogP) is 3.10. The maximum absolute atomic E-state index is 5.47. The van der Waals surface area contributed by atoms with Crippen molar-refractivity contribution in [2.75, 3.05) is 0 Å². The minimum Gasteiger partial charge on any atom is -0.306 e. The highest BCUT2D eigenvalue weighted by Crippen LogP contribution is 2.32. The monoisotopic (exact) mass is 193 g/mol. The van der Waals surface area contributed by atoms with E-state index in [0.717, 1.165) is 6.42 Å². The molecule has 80 valence electrons. The Balaban J connectivity index is 2.66. The van der Waals surface area contributed by atoms with Gasteiger partial charge in [-0.25, -0.2) is 0 Å². The van der Waals surface area contributed by atoms with Gasteiger partial charge in [-0.15, -0.1) is 12.3 Å². The van der Waals surface area contributed by atoms with Crippen molar-refractivity contribution < 1.29 is 0 Å². The molecule has 0 spiro atoms. The van der Waals surface area contributed by atoms with Gasteiger partial charge < -0.3 is 5.32 Å². The molecule has 0 radical (unpaired) electrons. The second-order valence-corrected chi connectivity index (χ2v) is 5.60. The van der Waals surface area contributed by atoms with E-state index in [1.807, 2.05) is 0 Å². The average Bonchev–Trinajstić information content (AvgIpc) is 2.02. The zero-order valence-corrected chi connectivity index (χ0v) is 9.82. The molecule has 0 aromatic carbocycles. The Bertz CT molecular complexity index is 210. The van der Waals surface area contributed by atoms with E-state index in [1.165, 1.54) is 32.1 Å². The van der Waals surface area contributed by atoms with Crippen LogP contribution in [0.5, 0.6) is 0 Å². The highest BCUT2D eigenvalue weighted by molar-refractivity contribution is 5.03. The van der Waals surface area contributed by atoms with Crippen LogP contribution >= 0.6 is 0 Å². The fourth-order valence-electron chi connectivity index (χ4n) is 2.57. The van der Waals surface area contributed by atoms with Crippen molar-refractivity contribution in [3.05, 3.63) is 0 Å². The molecule has 1 nitrogen and oxygen atoms in total. The van der Waals surface area contributed by atoms with Gasteiger partial charge in [0.2, 0.25) is 0 Å². The summed E-state index contributed by atoms with van der Waals surface area (Å²) in [6.45, 7) is 6.67. The molecule has 0 unspecified atom stereocenters. The summed E-state index contributed by atoms with van der Waals surface area (Å²) in [5, 5.41) is 3.73. The van der Waals surface area contributed by atoms with E-state index in [9.17, 15) is 0 Å². The van der Waals surface area contributed by atoms with Crippen LogP contribution in [0.2, 0.25) is 0 Å². The number of hydrogen-bond acceptors (Lipinski definition) is 1. The van der Waals surface area contributed by atoms with E-state index < -0.39 is 0 Å². The molecule has 0 atom stereocenters. The Morgan fingerprint density at radius 3 is 2.21 bits per heavy atom. The molecule has 0 aromatic heterocycles. The lowest BCUT2D eigenvalue weighted by Crippen LogP contribution is -2.54. The van der Waals surface area contributed by atoms with Gasteiger partial charge in [-0.3, -0.25) is 0 Å². The van der Waals surface area contributed by atoms with Crippen LogP contribution in [0, 0.1) is 12.3 Å². The highest BCUT2D eigenvalue weighted by atomic mass is 15.0. The molecule has 1 heteroatoms. The van der Waals surface area contributed by atoms with Gasteiger partial charge in [0, 0.05) is 17.5 Å². The Hall–Kier alpha value is -0.480. The maximum Gasteiger partial charge on any atom is 0.0295 e. The number of nitrogens with one attached hydrogen (secondary N) is 1. The summed E-state index contributed by atoms with van der Waals surface area (Å²) < 4.78 is 0. The van der Waals surface area contributed by atoms with E-state index in [4.69, 9.17) is 6.42 Å². The molecular weight excluding hydrogens is 170 g/mol. The van der Waals surface area contributed by atoms with Gasteiger partial charge in [-0.05, 0) is 33.6 Å². The third kappa shape index (κ3) is 3.35. The van der Waals surface area contributed by atoms with Crippen molar-refractivity contribution in [2.45, 2.75) is 70.4 Å². The predicted molar refractivity (Wildman–Crippen MR) is 62.2 cm³/mol. The molecule has 1 N–H and O–H groups in total. The second kappa shape index (κ2) is 4.36. The zero-order valence-electron chi connectivity index (χ0n) is 9.82. The number of terminal acetylenes is 1. The lowest BCUT2D eigenvalue weighted by Gasteiger charge is -2.42. The normalized spacial score (nSPS) is 21.6. The third-order valence-electron chi connectivity index (χ3n) is 2.89. The molecule has 0 amide bonds. The summed E-state index contributed by atoms with van der Waals surface area (Å²) in [4.78, 5) is 0. The van der Waals surface area contributed by atoms with Crippen molar-refractivity contribution in [3.8, 4) is 12.3 Å². The molecular formula is C13H23N. The number of hydrogen-bond donors (Lipinski definition) is 1. The summed E-state index contributed by atoms with van der Waals surface area (Å²) in [6.07, 6.45) is 12.9. The van der Waals surface area contributed by atoms with Crippen LogP contribution in [0.3, 0.4) is 0 Å². The minimum atomic E-state index is 0.175. The minimum absolute atomic E-state index is 0.175. The molecule has 1 aliphatic carbocycles. The van der Waals surface area contributed by atoms with E-state index in [-0.39, 0.29) is 11.1 Å². The fraction of sp³-hybridized carbons (Fsp3) is 0.846. The average molecular weight is 193 g/mol. The molecule has 14 heavy (non-hydrogen) atoms. The quantitative estimate of drug-likeness (QED) is 0.664. The SMILES string of the molecule is C#CCC1(NC(C)(C)C)CCCCC1. The topological polar surface area (TPSA) is 12.0 Å². The van der Waals surface area contributed by atoms with E-state index in [2.05, 4.69) is 32.0 Å². The van der Waals surface area contributed by atoms with Crippen molar-refractivity contribution in [3.63, 3.8) is 0 Å². The Kier molecular flexibility index (Phi) is 3.61. The van der Waals surface area contributed by atoms with Crippen molar-refractivity contribution in [1.82, 2.24) is 5.32 Å². The van der Waals surface area contributed by atoms with Crippen molar-refractivity contribution in [1.29, 1.82) is 0 Å². The first kappa shape index (κ1) is 11.6. The molecule has 0 bridgehead atoms. The lowest BCUT2D eigenvalue weighted by molar-refractivity contribution is 0.184. The summed E-state index contributed by atoms with van der Waals surface area (Å²) in [5.74, 6) is 2.84. The zero-order chi connectivity index (χ0) is 10.7. The summed E-state index contributed by atoms with van der Waals surface area (Å²) in [6, 6.07) is 0. The Morgan fingerprint density at radius 2 is 1.79 bits per heavy atom. The maximum atomic E-state index is 5.47. The van der Waals surface area contributed by atoms with E-state index in [1.54, 1.807) is 0 Å². The second-order valence-electron chi connectivity index (χ2n) is 5.60. The first-order valence-electron chi connectivity index (χ1n) is 5.70. The van der Waals surface area contributed by atoms with Crippen LogP contribution in [-0.4, -0.2) is 11.1 Å². The van der Waals surface area contributed by atoms with Crippen LogP contribution in [0.25, 0.3) is 0 Å². The van der Waals surface area contributed by atoms with Crippen molar-refractivity contribution in [2.24, 2.45) is 0 Å². The van der Waals surface area contributed by atoms with E-state index >= 15 is 0 Å². The molecule has 0 heterocycles. The van der Waals surface area contributed by atoms with Gasteiger partial charge in [-0.1, -0.05) is 19.3 Å². The summed E-state index contributed by atoms with van der Waals surface area (Å²) in [7, 11) is 0. The summed E-state index contributed by atoms with van der Waals surface area (Å²) >= 11 is 0. The smallest absolute Gasteiger partial charge is 0.0295 e. The third-order valence-corrected chi connectivity index (χ3v) is 2.89. The van der Waals surface area contributed by atoms with Crippen LogP contribution in [-0.2, 0) is 0 Å². The van der Waals surface area contributed by atoms with Gasteiger partial charge in [0.25, 0.3) is 0 Å². The Labute approximate surface area is 88.7 Å². The molecule has 1 aliphatic rings. The molecule has 1 rings (SSSR count). The van der Waals surface area contributed by atoms with Gasteiger partial charge >= 0.3 is 0 Å². The molecule has 0 saturated heterocycles. The largest absolute Gasteiger partial charge is 0.306 e. The molecule has 1 fully saturated rings.